The van der Waals surface area contributed by atoms with Crippen LogP contribution in [0.3, 0.4) is 0 Å². The van der Waals surface area contributed by atoms with Gasteiger partial charge in [-0.2, -0.15) is 0 Å². The zero-order valence-electron chi connectivity index (χ0n) is 9.78. The van der Waals surface area contributed by atoms with E-state index in [4.69, 9.17) is 4.74 Å². The fraction of sp³-hybridized carbons (Fsp3) is 0.429. The van der Waals surface area contributed by atoms with Crippen molar-refractivity contribution in [1.29, 1.82) is 0 Å². The molecule has 2 unspecified atom stereocenters. The normalized spacial score (nSPS) is 21.2. The molecule has 0 aliphatic carbocycles. The molecule has 0 saturated carbocycles. The molecule has 0 saturated heterocycles. The van der Waals surface area contributed by atoms with Gasteiger partial charge in [0.15, 0.2) is 0 Å². The smallest absolute Gasteiger partial charge is 0.0983 e. The third-order valence-corrected chi connectivity index (χ3v) is 3.19. The lowest BCUT2D eigenvalue weighted by Gasteiger charge is -2.31. The Hall–Kier alpha value is -1.12. The minimum absolute atomic E-state index is 0.160. The van der Waals surface area contributed by atoms with Crippen LogP contribution in [0.1, 0.15) is 23.7 Å². The molecule has 2 rings (SSSR count). The van der Waals surface area contributed by atoms with Crippen molar-refractivity contribution in [2.24, 2.45) is 0 Å². The van der Waals surface area contributed by atoms with Crippen LogP contribution in [0.15, 0.2) is 36.9 Å². The molecule has 1 heterocycles. The zero-order chi connectivity index (χ0) is 11.4. The van der Waals surface area contributed by atoms with Crippen LogP contribution in [0, 0.1) is 0 Å². The first kappa shape index (κ1) is 11.4. The second kappa shape index (κ2) is 5.28. The highest BCUT2D eigenvalue weighted by atomic mass is 16.5. The largest absolute Gasteiger partial charge is 0.372 e. The standard InChI is InChI=1S/C14H19NO/c1-3-6-13(15-2)14-12-8-5-4-7-11(12)9-10-16-14/h3-5,7-8,13-15H,1,6,9-10H2,2H3. The van der Waals surface area contributed by atoms with Gasteiger partial charge >= 0.3 is 0 Å². The first-order valence-corrected chi connectivity index (χ1v) is 5.84. The first-order chi connectivity index (χ1) is 7.86. The fourth-order valence-corrected chi connectivity index (χ4v) is 2.33. The van der Waals surface area contributed by atoms with E-state index in [1.54, 1.807) is 0 Å². The van der Waals surface area contributed by atoms with Crippen molar-refractivity contribution in [3.05, 3.63) is 48.0 Å². The topological polar surface area (TPSA) is 21.3 Å². The van der Waals surface area contributed by atoms with Crippen LogP contribution in [0.2, 0.25) is 0 Å². The molecule has 1 aliphatic rings. The van der Waals surface area contributed by atoms with E-state index >= 15 is 0 Å². The number of rotatable bonds is 4. The number of fused-ring (bicyclic) bond motifs is 1. The van der Waals surface area contributed by atoms with Gasteiger partial charge in [-0.15, -0.1) is 6.58 Å². The van der Waals surface area contributed by atoms with Crippen LogP contribution >= 0.6 is 0 Å². The Morgan fingerprint density at radius 1 is 1.56 bits per heavy atom. The summed E-state index contributed by atoms with van der Waals surface area (Å²) in [4.78, 5) is 0. The van der Waals surface area contributed by atoms with Gasteiger partial charge < -0.3 is 10.1 Å². The highest BCUT2D eigenvalue weighted by molar-refractivity contribution is 5.32. The third kappa shape index (κ3) is 2.18. The van der Waals surface area contributed by atoms with Gasteiger partial charge in [0, 0.05) is 6.04 Å². The number of hydrogen-bond acceptors (Lipinski definition) is 2. The molecule has 1 aromatic carbocycles. The van der Waals surface area contributed by atoms with Gasteiger partial charge in [0.1, 0.15) is 0 Å². The van der Waals surface area contributed by atoms with E-state index in [0.29, 0.717) is 6.04 Å². The van der Waals surface area contributed by atoms with Crippen molar-refractivity contribution in [1.82, 2.24) is 5.32 Å². The minimum atomic E-state index is 0.160. The van der Waals surface area contributed by atoms with Gasteiger partial charge in [0.25, 0.3) is 0 Å². The summed E-state index contributed by atoms with van der Waals surface area (Å²) in [5.74, 6) is 0. The molecule has 0 radical (unpaired) electrons. The molecular formula is C14H19NO. The Bertz CT molecular complexity index is 362. The van der Waals surface area contributed by atoms with E-state index in [1.165, 1.54) is 11.1 Å². The average molecular weight is 217 g/mol. The molecule has 0 spiro atoms. The molecule has 2 atom stereocenters. The molecule has 2 heteroatoms. The highest BCUT2D eigenvalue weighted by Gasteiger charge is 2.26. The van der Waals surface area contributed by atoms with Gasteiger partial charge in [0.05, 0.1) is 12.7 Å². The first-order valence-electron chi connectivity index (χ1n) is 5.84. The maximum absolute atomic E-state index is 5.90. The minimum Gasteiger partial charge on any atom is -0.372 e. The molecule has 16 heavy (non-hydrogen) atoms. The molecule has 0 fully saturated rings. The fourth-order valence-electron chi connectivity index (χ4n) is 2.33. The molecule has 2 nitrogen and oxygen atoms in total. The van der Waals surface area contributed by atoms with Crippen LogP contribution in [-0.2, 0) is 11.2 Å². The van der Waals surface area contributed by atoms with Crippen LogP contribution in [0.25, 0.3) is 0 Å². The maximum atomic E-state index is 5.90. The Labute approximate surface area is 97.3 Å². The van der Waals surface area contributed by atoms with Crippen LogP contribution < -0.4 is 5.32 Å². The van der Waals surface area contributed by atoms with Crippen molar-refractivity contribution in [3.8, 4) is 0 Å². The highest BCUT2D eigenvalue weighted by Crippen LogP contribution is 2.30. The number of likely N-dealkylation sites (N-methyl/N-ethyl adjacent to an activating group) is 1. The van der Waals surface area contributed by atoms with Gasteiger partial charge in [-0.25, -0.2) is 0 Å². The summed E-state index contributed by atoms with van der Waals surface area (Å²) in [6, 6.07) is 8.88. The molecule has 1 N–H and O–H groups in total. The Morgan fingerprint density at radius 3 is 3.12 bits per heavy atom. The molecular weight excluding hydrogens is 198 g/mol. The zero-order valence-corrected chi connectivity index (χ0v) is 9.78. The molecule has 0 bridgehead atoms. The summed E-state index contributed by atoms with van der Waals surface area (Å²) in [5.41, 5.74) is 2.75. The summed E-state index contributed by atoms with van der Waals surface area (Å²) in [5, 5.41) is 3.32. The number of nitrogens with one attached hydrogen (secondary N) is 1. The molecule has 1 aromatic rings. The summed E-state index contributed by atoms with van der Waals surface area (Å²) >= 11 is 0. The van der Waals surface area contributed by atoms with E-state index in [1.807, 2.05) is 13.1 Å². The molecule has 0 amide bonds. The molecule has 1 aliphatic heterocycles. The van der Waals surface area contributed by atoms with Gasteiger partial charge in [-0.3, -0.25) is 0 Å². The Kier molecular flexibility index (Phi) is 3.75. The van der Waals surface area contributed by atoms with Gasteiger partial charge in [-0.05, 0) is 31.0 Å². The number of benzene rings is 1. The Balaban J connectivity index is 2.26. The van der Waals surface area contributed by atoms with Crippen molar-refractivity contribution >= 4 is 0 Å². The van der Waals surface area contributed by atoms with Crippen molar-refractivity contribution in [2.75, 3.05) is 13.7 Å². The average Bonchev–Trinajstić information content (AvgIpc) is 2.35. The van der Waals surface area contributed by atoms with Crippen LogP contribution in [-0.4, -0.2) is 19.7 Å². The van der Waals surface area contributed by atoms with Crippen LogP contribution in [0.4, 0.5) is 0 Å². The number of hydrogen-bond donors (Lipinski definition) is 1. The lowest BCUT2D eigenvalue weighted by atomic mass is 9.92. The van der Waals surface area contributed by atoms with Gasteiger partial charge in [-0.1, -0.05) is 30.3 Å². The predicted molar refractivity (Wildman–Crippen MR) is 66.5 cm³/mol. The Morgan fingerprint density at radius 2 is 2.38 bits per heavy atom. The van der Waals surface area contributed by atoms with E-state index in [2.05, 4.69) is 36.2 Å². The lowest BCUT2D eigenvalue weighted by molar-refractivity contribution is 0.0178. The monoisotopic (exact) mass is 217 g/mol. The SMILES string of the molecule is C=CCC(NC)C1OCCc2ccccc21. The summed E-state index contributed by atoms with van der Waals surface area (Å²) in [7, 11) is 1.98. The maximum Gasteiger partial charge on any atom is 0.0983 e. The quantitative estimate of drug-likeness (QED) is 0.782. The summed E-state index contributed by atoms with van der Waals surface area (Å²) in [6.07, 6.45) is 4.06. The molecule has 0 aromatic heterocycles. The van der Waals surface area contributed by atoms with Crippen molar-refractivity contribution in [2.45, 2.75) is 25.0 Å². The second-order valence-electron chi connectivity index (χ2n) is 4.16. The van der Waals surface area contributed by atoms with Crippen molar-refractivity contribution < 1.29 is 4.74 Å². The summed E-state index contributed by atoms with van der Waals surface area (Å²) < 4.78 is 5.90. The van der Waals surface area contributed by atoms with Gasteiger partial charge in [0.2, 0.25) is 0 Å². The van der Waals surface area contributed by atoms with E-state index < -0.39 is 0 Å². The molecule has 86 valence electrons. The summed E-state index contributed by atoms with van der Waals surface area (Å²) in [6.45, 7) is 4.62. The van der Waals surface area contributed by atoms with Crippen LogP contribution in [0.5, 0.6) is 0 Å². The van der Waals surface area contributed by atoms with E-state index in [-0.39, 0.29) is 6.10 Å². The predicted octanol–water partition coefficient (Wildman–Crippen LogP) is 2.46. The lowest BCUT2D eigenvalue weighted by Crippen LogP contribution is -2.35. The third-order valence-electron chi connectivity index (χ3n) is 3.19. The second-order valence-corrected chi connectivity index (χ2v) is 4.16. The number of ether oxygens (including phenoxy) is 1. The van der Waals surface area contributed by atoms with Crippen molar-refractivity contribution in [3.63, 3.8) is 0 Å². The van der Waals surface area contributed by atoms with E-state index in [9.17, 15) is 0 Å². The van der Waals surface area contributed by atoms with E-state index in [0.717, 1.165) is 19.4 Å².